The molecule has 3 rings (SSSR count). The number of nitrogens with zero attached hydrogens (tertiary/aromatic N) is 6. The van der Waals surface area contributed by atoms with Crippen molar-refractivity contribution in [1.82, 2.24) is 19.6 Å². The van der Waals surface area contributed by atoms with E-state index in [1.165, 1.54) is 0 Å². The van der Waals surface area contributed by atoms with E-state index in [0.29, 0.717) is 35.6 Å². The van der Waals surface area contributed by atoms with Crippen LogP contribution in [-0.4, -0.2) is 26.1 Å². The van der Waals surface area contributed by atoms with Gasteiger partial charge in [0.15, 0.2) is 5.65 Å². The number of aryl methyl sites for hydroxylation is 3. The molecular weight excluding hydrogens is 314 g/mol. The average Bonchev–Trinajstić information content (AvgIpc) is 2.96. The van der Waals surface area contributed by atoms with E-state index in [-0.39, 0.29) is 0 Å². The normalized spacial score (nSPS) is 10.4. The molecule has 124 valence electrons. The Hall–Kier alpha value is -3.45. The van der Waals surface area contributed by atoms with Crippen LogP contribution in [0.2, 0.25) is 0 Å². The summed E-state index contributed by atoms with van der Waals surface area (Å²) in [5.74, 6) is 0.577. The zero-order chi connectivity index (χ0) is 17.8. The second-order valence-corrected chi connectivity index (χ2v) is 5.75. The molecule has 0 radical (unpaired) electrons. The Balaban J connectivity index is 1.73. The van der Waals surface area contributed by atoms with Crippen molar-refractivity contribution in [2.75, 3.05) is 11.9 Å². The Bertz CT molecular complexity index is 1000. The molecule has 0 unspecified atom stereocenters. The summed E-state index contributed by atoms with van der Waals surface area (Å²) >= 11 is 0. The summed E-state index contributed by atoms with van der Waals surface area (Å²) in [4.78, 5) is 8.61. The predicted octanol–water partition coefficient (Wildman–Crippen LogP) is 2.53. The second kappa shape index (κ2) is 6.98. The largest absolute Gasteiger partial charge is 0.369 e. The van der Waals surface area contributed by atoms with Gasteiger partial charge in [0, 0.05) is 24.1 Å². The van der Waals surface area contributed by atoms with E-state index in [4.69, 9.17) is 5.26 Å². The zero-order valence-electron chi connectivity index (χ0n) is 14.1. The minimum atomic E-state index is 0.517. The van der Waals surface area contributed by atoms with Crippen LogP contribution in [0.3, 0.4) is 0 Å². The van der Waals surface area contributed by atoms with Gasteiger partial charge >= 0.3 is 0 Å². The smallest absolute Gasteiger partial charge is 0.173 e. The molecule has 0 fully saturated rings. The van der Waals surface area contributed by atoms with Crippen molar-refractivity contribution >= 4 is 11.5 Å². The van der Waals surface area contributed by atoms with Crippen molar-refractivity contribution in [2.45, 2.75) is 26.7 Å². The zero-order valence-corrected chi connectivity index (χ0v) is 14.1. The first-order valence-electron chi connectivity index (χ1n) is 7.99. The number of pyridine rings is 1. The third kappa shape index (κ3) is 3.26. The van der Waals surface area contributed by atoms with Gasteiger partial charge in [-0.25, -0.2) is 14.5 Å². The molecule has 0 spiro atoms. The molecule has 0 saturated heterocycles. The van der Waals surface area contributed by atoms with Gasteiger partial charge in [-0.3, -0.25) is 0 Å². The van der Waals surface area contributed by atoms with Crippen molar-refractivity contribution in [1.29, 1.82) is 10.5 Å². The summed E-state index contributed by atoms with van der Waals surface area (Å²) < 4.78 is 1.72. The van der Waals surface area contributed by atoms with E-state index >= 15 is 0 Å². The van der Waals surface area contributed by atoms with Crippen molar-refractivity contribution in [3.8, 4) is 12.1 Å². The fourth-order valence-electron chi connectivity index (χ4n) is 2.75. The summed E-state index contributed by atoms with van der Waals surface area (Å²) in [6.45, 7) is 4.49. The van der Waals surface area contributed by atoms with Gasteiger partial charge in [-0.15, -0.1) is 0 Å². The molecule has 0 aliphatic heterocycles. The third-order valence-corrected chi connectivity index (χ3v) is 3.89. The molecule has 3 heterocycles. The highest BCUT2D eigenvalue weighted by Gasteiger charge is 2.15. The Morgan fingerprint density at radius 1 is 1.24 bits per heavy atom. The predicted molar refractivity (Wildman–Crippen MR) is 92.9 cm³/mol. The number of fused-ring (bicyclic) bond motifs is 1. The standard InChI is InChI=1S/C18H17N7/c1-12-9-13(2)25-18(23-12)15(11-20)16(24-25)6-4-8-22-17-14(10-19)5-3-7-21-17/h3,5,7,9H,4,6,8H2,1-2H3,(H,21,22). The topological polar surface area (TPSA) is 103 Å². The van der Waals surface area contributed by atoms with Crippen molar-refractivity contribution in [3.05, 3.63) is 52.6 Å². The van der Waals surface area contributed by atoms with Crippen molar-refractivity contribution < 1.29 is 0 Å². The molecule has 0 saturated carbocycles. The number of hydrogen-bond donors (Lipinski definition) is 1. The van der Waals surface area contributed by atoms with Gasteiger partial charge in [0.1, 0.15) is 23.5 Å². The van der Waals surface area contributed by atoms with E-state index in [1.807, 2.05) is 19.9 Å². The van der Waals surface area contributed by atoms with Crippen LogP contribution in [0.5, 0.6) is 0 Å². The Morgan fingerprint density at radius 2 is 2.08 bits per heavy atom. The Morgan fingerprint density at radius 3 is 2.84 bits per heavy atom. The fourth-order valence-corrected chi connectivity index (χ4v) is 2.75. The highest BCUT2D eigenvalue weighted by atomic mass is 15.3. The maximum absolute atomic E-state index is 9.48. The highest BCUT2D eigenvalue weighted by molar-refractivity contribution is 5.58. The molecule has 0 aliphatic carbocycles. The maximum Gasteiger partial charge on any atom is 0.173 e. The van der Waals surface area contributed by atoms with Crippen LogP contribution in [0.1, 0.15) is 34.6 Å². The Labute approximate surface area is 145 Å². The Kier molecular flexibility index (Phi) is 4.58. The molecule has 25 heavy (non-hydrogen) atoms. The quantitative estimate of drug-likeness (QED) is 0.721. The summed E-state index contributed by atoms with van der Waals surface area (Å²) in [5.41, 5.74) is 4.22. The molecule has 3 aromatic heterocycles. The SMILES string of the molecule is Cc1cc(C)n2nc(CCCNc3ncccc3C#N)c(C#N)c2n1. The van der Waals surface area contributed by atoms with Crippen LogP contribution in [0.4, 0.5) is 5.82 Å². The molecule has 7 nitrogen and oxygen atoms in total. The van der Waals surface area contributed by atoms with Crippen LogP contribution in [0, 0.1) is 36.5 Å². The maximum atomic E-state index is 9.48. The van der Waals surface area contributed by atoms with E-state index in [1.54, 1.807) is 22.8 Å². The first-order chi connectivity index (χ1) is 12.1. The number of nitriles is 2. The lowest BCUT2D eigenvalue weighted by Crippen LogP contribution is -2.06. The van der Waals surface area contributed by atoms with Crippen LogP contribution in [-0.2, 0) is 6.42 Å². The fraction of sp³-hybridized carbons (Fsp3) is 0.278. The lowest BCUT2D eigenvalue weighted by Gasteiger charge is -2.05. The highest BCUT2D eigenvalue weighted by Crippen LogP contribution is 2.17. The van der Waals surface area contributed by atoms with Crippen molar-refractivity contribution in [2.24, 2.45) is 0 Å². The van der Waals surface area contributed by atoms with Gasteiger partial charge in [0.05, 0.1) is 11.3 Å². The molecule has 0 amide bonds. The van der Waals surface area contributed by atoms with E-state index in [0.717, 1.165) is 23.5 Å². The minimum absolute atomic E-state index is 0.517. The van der Waals surface area contributed by atoms with Crippen LogP contribution < -0.4 is 5.32 Å². The summed E-state index contributed by atoms with van der Waals surface area (Å²) in [6, 6.07) is 9.74. The molecule has 1 N–H and O–H groups in total. The number of anilines is 1. The molecule has 3 aromatic rings. The van der Waals surface area contributed by atoms with Gasteiger partial charge < -0.3 is 5.32 Å². The van der Waals surface area contributed by atoms with Gasteiger partial charge in [-0.05, 0) is 44.9 Å². The molecular formula is C18H17N7. The monoisotopic (exact) mass is 331 g/mol. The number of hydrogen-bond acceptors (Lipinski definition) is 6. The lowest BCUT2D eigenvalue weighted by molar-refractivity contribution is 0.792. The van der Waals surface area contributed by atoms with Gasteiger partial charge in [-0.2, -0.15) is 15.6 Å². The second-order valence-electron chi connectivity index (χ2n) is 5.75. The van der Waals surface area contributed by atoms with E-state index in [9.17, 15) is 5.26 Å². The average molecular weight is 331 g/mol. The van der Waals surface area contributed by atoms with Crippen LogP contribution in [0.15, 0.2) is 24.4 Å². The number of nitrogens with one attached hydrogen (secondary N) is 1. The lowest BCUT2D eigenvalue weighted by atomic mass is 10.1. The van der Waals surface area contributed by atoms with Gasteiger partial charge in [-0.1, -0.05) is 0 Å². The molecule has 7 heteroatoms. The minimum Gasteiger partial charge on any atom is -0.369 e. The molecule has 0 aliphatic rings. The van der Waals surface area contributed by atoms with Gasteiger partial charge in [0.2, 0.25) is 0 Å². The van der Waals surface area contributed by atoms with Crippen LogP contribution in [0.25, 0.3) is 5.65 Å². The van der Waals surface area contributed by atoms with Crippen LogP contribution >= 0.6 is 0 Å². The van der Waals surface area contributed by atoms with Crippen molar-refractivity contribution in [3.63, 3.8) is 0 Å². The van der Waals surface area contributed by atoms with Gasteiger partial charge in [0.25, 0.3) is 0 Å². The molecule has 0 bridgehead atoms. The van der Waals surface area contributed by atoms with E-state index < -0.39 is 0 Å². The number of rotatable bonds is 5. The first kappa shape index (κ1) is 16.4. The third-order valence-electron chi connectivity index (χ3n) is 3.89. The molecule has 0 aromatic carbocycles. The summed E-state index contributed by atoms with van der Waals surface area (Å²) in [5, 5.41) is 26.2. The summed E-state index contributed by atoms with van der Waals surface area (Å²) in [6.07, 6.45) is 3.06. The number of aromatic nitrogens is 4. The first-order valence-corrected chi connectivity index (χ1v) is 7.99. The van der Waals surface area contributed by atoms with E-state index in [2.05, 4.69) is 32.5 Å². The molecule has 0 atom stereocenters. The summed E-state index contributed by atoms with van der Waals surface area (Å²) in [7, 11) is 0.